The predicted molar refractivity (Wildman–Crippen MR) is 155 cm³/mol. The molecule has 4 aromatic rings. The van der Waals surface area contributed by atoms with E-state index in [4.69, 9.17) is 25.8 Å². The average molecular weight is 647 g/mol. The summed E-state index contributed by atoms with van der Waals surface area (Å²) in [5, 5.41) is 0.479. The maximum atomic E-state index is 14.1. The molecule has 5 rings (SSSR count). The highest BCUT2D eigenvalue weighted by Gasteiger charge is 2.33. The van der Waals surface area contributed by atoms with Crippen molar-refractivity contribution in [1.82, 2.24) is 4.57 Å². The van der Waals surface area contributed by atoms with Crippen molar-refractivity contribution in [2.24, 2.45) is 4.99 Å². The van der Waals surface area contributed by atoms with Crippen LogP contribution in [-0.2, 0) is 16.1 Å². The summed E-state index contributed by atoms with van der Waals surface area (Å²) in [5.74, 6) is -8.10. The van der Waals surface area contributed by atoms with Gasteiger partial charge in [0.05, 0.1) is 35.6 Å². The Hall–Kier alpha value is -4.42. The number of carbonyl (C=O) groups is 1. The van der Waals surface area contributed by atoms with E-state index < -0.39 is 53.2 Å². The second kappa shape index (κ2) is 12.7. The first kappa shape index (κ1) is 31.0. The molecule has 0 fully saturated rings. The monoisotopic (exact) mass is 646 g/mol. The summed E-state index contributed by atoms with van der Waals surface area (Å²) in [6, 6.07) is 10.7. The molecule has 0 radical (unpaired) electrons. The summed E-state index contributed by atoms with van der Waals surface area (Å²) in [4.78, 5) is 31.7. The fourth-order valence-electron chi connectivity index (χ4n) is 4.73. The second-order valence-corrected chi connectivity index (χ2v) is 11.0. The Balaban J connectivity index is 1.58. The molecular weight excluding hydrogens is 624 g/mol. The SMILES string of the molecule is CCOC(=O)C1=C(C)N=c2s/c(=C/c3ccc(OC)c(COc4c(F)c(F)cc(F)c4F)c3)c(=O)n2C1c1ccc(Cl)cc1. The molecule has 44 heavy (non-hydrogen) atoms. The van der Waals surface area contributed by atoms with Crippen molar-refractivity contribution in [1.29, 1.82) is 0 Å². The number of nitrogens with zero attached hydrogens (tertiary/aromatic N) is 2. The normalized spacial score (nSPS) is 14.7. The first-order valence-corrected chi connectivity index (χ1v) is 14.3. The Morgan fingerprint density at radius 3 is 2.39 bits per heavy atom. The number of fused-ring (bicyclic) bond motifs is 1. The van der Waals surface area contributed by atoms with Gasteiger partial charge in [-0.25, -0.2) is 18.6 Å². The first-order chi connectivity index (χ1) is 21.0. The van der Waals surface area contributed by atoms with E-state index >= 15 is 0 Å². The van der Waals surface area contributed by atoms with E-state index in [1.54, 1.807) is 56.3 Å². The van der Waals surface area contributed by atoms with Gasteiger partial charge >= 0.3 is 5.97 Å². The number of rotatable bonds is 8. The molecule has 0 aliphatic carbocycles. The summed E-state index contributed by atoms with van der Waals surface area (Å²) in [7, 11) is 1.36. The van der Waals surface area contributed by atoms with Gasteiger partial charge in [-0.3, -0.25) is 9.36 Å². The molecule has 1 unspecified atom stereocenters. The lowest BCUT2D eigenvalue weighted by molar-refractivity contribution is -0.139. The topological polar surface area (TPSA) is 79.1 Å². The number of benzene rings is 3. The zero-order valence-electron chi connectivity index (χ0n) is 23.4. The lowest BCUT2D eigenvalue weighted by Crippen LogP contribution is -2.39. The van der Waals surface area contributed by atoms with Gasteiger partial charge in [0.1, 0.15) is 12.4 Å². The third-order valence-corrected chi connectivity index (χ3v) is 7.98. The number of ether oxygens (including phenoxy) is 3. The van der Waals surface area contributed by atoms with E-state index in [1.165, 1.54) is 17.7 Å². The van der Waals surface area contributed by atoms with Crippen molar-refractivity contribution in [3.05, 3.63) is 124 Å². The van der Waals surface area contributed by atoms with Crippen molar-refractivity contribution < 1.29 is 36.6 Å². The molecule has 0 amide bonds. The molecule has 0 spiro atoms. The molecule has 1 atom stereocenters. The molecule has 13 heteroatoms. The minimum absolute atomic E-state index is 0.0866. The lowest BCUT2D eigenvalue weighted by Gasteiger charge is -2.24. The Kier molecular flexibility index (Phi) is 8.93. The van der Waals surface area contributed by atoms with Crippen LogP contribution in [0.5, 0.6) is 11.5 Å². The highest BCUT2D eigenvalue weighted by Crippen LogP contribution is 2.32. The Labute approximate surface area is 256 Å². The van der Waals surface area contributed by atoms with Crippen LogP contribution >= 0.6 is 22.9 Å². The third kappa shape index (κ3) is 5.87. The number of halogens is 5. The van der Waals surface area contributed by atoms with E-state index in [0.717, 1.165) is 11.3 Å². The summed E-state index contributed by atoms with van der Waals surface area (Å²) in [6.45, 7) is 2.96. The van der Waals surface area contributed by atoms with Crippen molar-refractivity contribution in [2.45, 2.75) is 26.5 Å². The van der Waals surface area contributed by atoms with Crippen molar-refractivity contribution >= 4 is 35.0 Å². The van der Waals surface area contributed by atoms with Crippen molar-refractivity contribution in [3.63, 3.8) is 0 Å². The minimum atomic E-state index is -1.67. The molecule has 7 nitrogen and oxygen atoms in total. The molecular formula is C31H23ClF4N2O5S. The van der Waals surface area contributed by atoms with Gasteiger partial charge in [-0.1, -0.05) is 41.1 Å². The van der Waals surface area contributed by atoms with Gasteiger partial charge in [-0.05, 0) is 55.3 Å². The highest BCUT2D eigenvalue weighted by atomic mass is 35.5. The Morgan fingerprint density at radius 2 is 1.75 bits per heavy atom. The molecule has 0 N–H and O–H groups in total. The van der Waals surface area contributed by atoms with Crippen LogP contribution in [0.1, 0.15) is 36.6 Å². The number of hydrogen-bond donors (Lipinski definition) is 0. The van der Waals surface area contributed by atoms with E-state index in [-0.39, 0.29) is 34.1 Å². The summed E-state index contributed by atoms with van der Waals surface area (Å²) >= 11 is 7.19. The van der Waals surface area contributed by atoms with Gasteiger partial charge in [0.2, 0.25) is 11.6 Å². The standard InChI is InChI=1S/C31H23ClF4N2O5S/c1-4-42-30(40)24-15(2)37-31-38(27(24)17-6-8-19(32)9-7-17)29(39)23(44-31)12-16-5-10-22(41-3)18(11-16)14-43-28-25(35)20(33)13-21(34)26(28)36/h5-13,27H,4,14H2,1-3H3/b23-12+. The van der Waals surface area contributed by atoms with Gasteiger partial charge in [-0.15, -0.1) is 0 Å². The van der Waals surface area contributed by atoms with E-state index in [2.05, 4.69) is 4.99 Å². The smallest absolute Gasteiger partial charge is 0.338 e. The van der Waals surface area contributed by atoms with Crippen LogP contribution in [-0.4, -0.2) is 24.3 Å². The zero-order chi connectivity index (χ0) is 31.7. The first-order valence-electron chi connectivity index (χ1n) is 13.1. The molecule has 2 heterocycles. The summed E-state index contributed by atoms with van der Waals surface area (Å²) in [6.07, 6.45) is 1.57. The maximum Gasteiger partial charge on any atom is 0.338 e. The maximum absolute atomic E-state index is 14.1. The quantitative estimate of drug-likeness (QED) is 0.142. The van der Waals surface area contributed by atoms with Crippen LogP contribution in [0.3, 0.4) is 0 Å². The average Bonchev–Trinajstić information content (AvgIpc) is 3.29. The van der Waals surface area contributed by atoms with E-state index in [0.29, 0.717) is 26.6 Å². The zero-order valence-corrected chi connectivity index (χ0v) is 25.0. The Bertz CT molecular complexity index is 1960. The van der Waals surface area contributed by atoms with Crippen LogP contribution in [0.15, 0.2) is 69.6 Å². The molecule has 0 saturated carbocycles. The highest BCUT2D eigenvalue weighted by molar-refractivity contribution is 7.07. The van der Waals surface area contributed by atoms with Crippen molar-refractivity contribution in [2.75, 3.05) is 13.7 Å². The Morgan fingerprint density at radius 1 is 1.07 bits per heavy atom. The number of aromatic nitrogens is 1. The summed E-state index contributed by atoms with van der Waals surface area (Å²) < 4.78 is 73.0. The molecule has 1 aliphatic heterocycles. The number of esters is 1. The molecule has 3 aromatic carbocycles. The van der Waals surface area contributed by atoms with E-state index in [9.17, 15) is 27.2 Å². The lowest BCUT2D eigenvalue weighted by atomic mass is 9.96. The third-order valence-electron chi connectivity index (χ3n) is 6.75. The molecule has 1 aromatic heterocycles. The predicted octanol–water partition coefficient (Wildman–Crippen LogP) is 5.60. The van der Waals surface area contributed by atoms with Gasteiger partial charge in [0, 0.05) is 16.7 Å². The van der Waals surface area contributed by atoms with Gasteiger partial charge in [0.15, 0.2) is 22.2 Å². The van der Waals surface area contributed by atoms with Gasteiger partial charge in [0.25, 0.3) is 5.56 Å². The molecule has 1 aliphatic rings. The second-order valence-electron chi connectivity index (χ2n) is 9.51. The van der Waals surface area contributed by atoms with Crippen LogP contribution in [0, 0.1) is 23.3 Å². The largest absolute Gasteiger partial charge is 0.496 e. The van der Waals surface area contributed by atoms with Crippen LogP contribution < -0.4 is 24.4 Å². The number of thiazole rings is 1. The minimum Gasteiger partial charge on any atom is -0.496 e. The number of hydrogen-bond acceptors (Lipinski definition) is 7. The van der Waals surface area contributed by atoms with Crippen LogP contribution in [0.4, 0.5) is 17.6 Å². The van der Waals surface area contributed by atoms with Gasteiger partial charge < -0.3 is 14.2 Å². The number of methoxy groups -OCH3 is 1. The summed E-state index contributed by atoms with van der Waals surface area (Å²) in [5.41, 5.74) is 1.55. The van der Waals surface area contributed by atoms with Gasteiger partial charge in [-0.2, -0.15) is 8.78 Å². The van der Waals surface area contributed by atoms with Crippen LogP contribution in [0.25, 0.3) is 6.08 Å². The van der Waals surface area contributed by atoms with Crippen LogP contribution in [0.2, 0.25) is 5.02 Å². The van der Waals surface area contributed by atoms with E-state index in [1.807, 2.05) is 0 Å². The number of allylic oxidation sites excluding steroid dienone is 1. The fourth-order valence-corrected chi connectivity index (χ4v) is 5.90. The van der Waals surface area contributed by atoms with Crippen molar-refractivity contribution in [3.8, 4) is 11.5 Å². The fraction of sp³-hybridized carbons (Fsp3) is 0.194. The molecule has 228 valence electrons. The molecule has 0 saturated heterocycles. The number of carbonyl (C=O) groups excluding carboxylic acids is 1. The molecule has 0 bridgehead atoms.